The number of likely N-dealkylation sites (tertiary alicyclic amines) is 1. The Bertz CT molecular complexity index is 601. The highest BCUT2D eigenvalue weighted by molar-refractivity contribution is 6.27. The van der Waals surface area contributed by atoms with Crippen molar-refractivity contribution in [3.63, 3.8) is 0 Å². The Morgan fingerprint density at radius 1 is 1.41 bits per heavy atom. The number of hydrogen-bond donors (Lipinski definition) is 0. The number of rotatable bonds is 8. The molecule has 0 aliphatic carbocycles. The second kappa shape index (κ2) is 11.6. The molecule has 0 radical (unpaired) electrons. The molecule has 1 unspecified atom stereocenters. The van der Waals surface area contributed by atoms with E-state index in [0.717, 1.165) is 32.2 Å². The van der Waals surface area contributed by atoms with Gasteiger partial charge in [0.15, 0.2) is 6.29 Å². The molecule has 1 aromatic heterocycles. The minimum absolute atomic E-state index is 0.0246. The van der Waals surface area contributed by atoms with Gasteiger partial charge in [0.1, 0.15) is 6.04 Å². The van der Waals surface area contributed by atoms with Crippen molar-refractivity contribution < 1.29 is 19.1 Å². The lowest BCUT2D eigenvalue weighted by atomic mass is 9.86. The summed E-state index contributed by atoms with van der Waals surface area (Å²) in [6.07, 6.45) is 8.50. The van der Waals surface area contributed by atoms with Gasteiger partial charge in [-0.3, -0.25) is 24.3 Å². The molecule has 6 nitrogen and oxygen atoms in total. The van der Waals surface area contributed by atoms with Gasteiger partial charge >= 0.3 is 5.97 Å². The van der Waals surface area contributed by atoms with Crippen LogP contribution in [0.5, 0.6) is 0 Å². The number of ketones is 1. The number of carbonyl (C=O) groups is 3. The summed E-state index contributed by atoms with van der Waals surface area (Å²) in [6, 6.07) is 3.94. The van der Waals surface area contributed by atoms with Gasteiger partial charge in [0.05, 0.1) is 6.61 Å². The van der Waals surface area contributed by atoms with Crippen LogP contribution in [0.15, 0.2) is 24.5 Å². The molecule has 0 spiro atoms. The van der Waals surface area contributed by atoms with E-state index in [1.54, 1.807) is 20.0 Å². The number of esters is 1. The highest BCUT2D eigenvalue weighted by Gasteiger charge is 2.28. The van der Waals surface area contributed by atoms with E-state index in [-0.39, 0.29) is 17.8 Å². The summed E-state index contributed by atoms with van der Waals surface area (Å²) in [5, 5.41) is 0. The molecule has 6 heteroatoms. The first-order chi connectivity index (χ1) is 12.8. The molecule has 1 fully saturated rings. The van der Waals surface area contributed by atoms with Crippen LogP contribution in [0.25, 0.3) is 0 Å². The molecule has 0 amide bonds. The molecule has 1 atom stereocenters. The van der Waals surface area contributed by atoms with Crippen molar-refractivity contribution in [3.05, 3.63) is 30.1 Å². The maximum atomic E-state index is 11.8. The number of hydrogen-bond acceptors (Lipinski definition) is 6. The Morgan fingerprint density at radius 3 is 2.63 bits per heavy atom. The molecule has 0 aromatic carbocycles. The largest absolute Gasteiger partial charge is 0.465 e. The van der Waals surface area contributed by atoms with Crippen molar-refractivity contribution in [2.24, 2.45) is 5.41 Å². The van der Waals surface area contributed by atoms with E-state index < -0.39 is 5.41 Å². The van der Waals surface area contributed by atoms with Crippen molar-refractivity contribution in [3.8, 4) is 0 Å². The molecule has 2 heterocycles. The first-order valence-electron chi connectivity index (χ1n) is 9.57. The van der Waals surface area contributed by atoms with Crippen LogP contribution in [0.1, 0.15) is 52.0 Å². The summed E-state index contributed by atoms with van der Waals surface area (Å²) in [4.78, 5) is 38.6. The van der Waals surface area contributed by atoms with Gasteiger partial charge in [-0.05, 0) is 57.3 Å². The van der Waals surface area contributed by atoms with Crippen LogP contribution in [0.2, 0.25) is 0 Å². The molecule has 1 aromatic rings. The van der Waals surface area contributed by atoms with Crippen molar-refractivity contribution >= 4 is 18.0 Å². The number of aryl methyl sites for hydroxylation is 1. The number of ether oxygens (including phenoxy) is 1. The van der Waals surface area contributed by atoms with E-state index >= 15 is 0 Å². The van der Waals surface area contributed by atoms with E-state index in [2.05, 4.69) is 9.88 Å². The molecular formula is C21H32N2O4. The minimum atomic E-state index is -0.457. The zero-order valence-corrected chi connectivity index (χ0v) is 16.9. The van der Waals surface area contributed by atoms with Crippen molar-refractivity contribution in [2.75, 3.05) is 20.2 Å². The Kier molecular flexibility index (Phi) is 9.86. The highest BCUT2D eigenvalue weighted by atomic mass is 16.5. The van der Waals surface area contributed by atoms with E-state index in [9.17, 15) is 14.4 Å². The van der Waals surface area contributed by atoms with Gasteiger partial charge in [0.25, 0.3) is 0 Å². The lowest BCUT2D eigenvalue weighted by Gasteiger charge is -2.17. The van der Waals surface area contributed by atoms with Crippen molar-refractivity contribution in [2.45, 2.75) is 58.9 Å². The van der Waals surface area contributed by atoms with Crippen LogP contribution in [0.4, 0.5) is 0 Å². The van der Waals surface area contributed by atoms with Gasteiger partial charge in [-0.1, -0.05) is 26.8 Å². The standard InChI is InChI=1S/C14H20N2O2.C7H12O2/c1-16-9-3-7-13(16)14(17)18-10-4-6-12-5-2-8-15-11-12;1-4-7(2,3)6(9)5-8/h2,5,8,11,13H,3-4,6-7,9-10H2,1H3;5H,4H2,1-3H3. The van der Waals surface area contributed by atoms with Gasteiger partial charge in [-0.25, -0.2) is 0 Å². The summed E-state index contributed by atoms with van der Waals surface area (Å²) >= 11 is 0. The van der Waals surface area contributed by atoms with Crippen LogP contribution in [0, 0.1) is 5.41 Å². The number of aldehydes is 1. The molecule has 0 saturated carbocycles. The Morgan fingerprint density at radius 2 is 2.15 bits per heavy atom. The van der Waals surface area contributed by atoms with Gasteiger partial charge < -0.3 is 4.74 Å². The van der Waals surface area contributed by atoms with Crippen LogP contribution in [-0.2, 0) is 25.5 Å². The normalized spacial score (nSPS) is 17.0. The van der Waals surface area contributed by atoms with Crippen LogP contribution in [-0.4, -0.2) is 54.2 Å². The highest BCUT2D eigenvalue weighted by Crippen LogP contribution is 2.19. The number of Topliss-reactive ketones (excluding diaryl/α,β-unsaturated/α-hetero) is 1. The quantitative estimate of drug-likeness (QED) is 0.300. The topological polar surface area (TPSA) is 76.6 Å². The maximum Gasteiger partial charge on any atom is 0.323 e. The van der Waals surface area contributed by atoms with Crippen molar-refractivity contribution in [1.82, 2.24) is 9.88 Å². The van der Waals surface area contributed by atoms with Gasteiger partial charge in [-0.2, -0.15) is 0 Å². The van der Waals surface area contributed by atoms with Gasteiger partial charge in [0, 0.05) is 17.8 Å². The lowest BCUT2D eigenvalue weighted by Crippen LogP contribution is -2.34. The van der Waals surface area contributed by atoms with E-state index in [4.69, 9.17) is 4.74 Å². The van der Waals surface area contributed by atoms with E-state index in [1.165, 1.54) is 5.56 Å². The summed E-state index contributed by atoms with van der Waals surface area (Å²) in [5.74, 6) is -0.383. The van der Waals surface area contributed by atoms with Crippen LogP contribution in [0.3, 0.4) is 0 Å². The number of pyridine rings is 1. The minimum Gasteiger partial charge on any atom is -0.465 e. The average Bonchev–Trinajstić information content (AvgIpc) is 3.11. The maximum absolute atomic E-state index is 11.8. The fourth-order valence-electron chi connectivity index (χ4n) is 2.63. The summed E-state index contributed by atoms with van der Waals surface area (Å²) < 4.78 is 5.32. The first-order valence-corrected chi connectivity index (χ1v) is 9.57. The third-order valence-electron chi connectivity index (χ3n) is 5.03. The molecule has 27 heavy (non-hydrogen) atoms. The van der Waals surface area contributed by atoms with E-state index in [1.807, 2.05) is 32.3 Å². The molecule has 1 aliphatic rings. The van der Waals surface area contributed by atoms with Crippen LogP contribution < -0.4 is 0 Å². The number of nitrogens with zero attached hydrogens (tertiary/aromatic N) is 2. The average molecular weight is 376 g/mol. The first kappa shape index (κ1) is 23.0. The monoisotopic (exact) mass is 376 g/mol. The predicted molar refractivity (Wildman–Crippen MR) is 104 cm³/mol. The summed E-state index contributed by atoms with van der Waals surface area (Å²) in [6.45, 7) is 6.92. The summed E-state index contributed by atoms with van der Waals surface area (Å²) in [7, 11) is 1.98. The van der Waals surface area contributed by atoms with Crippen molar-refractivity contribution in [1.29, 1.82) is 0 Å². The molecule has 0 N–H and O–H groups in total. The zero-order chi connectivity index (χ0) is 20.3. The lowest BCUT2D eigenvalue weighted by molar-refractivity contribution is -0.148. The second-order valence-corrected chi connectivity index (χ2v) is 7.49. The molecule has 150 valence electrons. The third-order valence-corrected chi connectivity index (χ3v) is 5.03. The Balaban J connectivity index is 0.000000345. The van der Waals surface area contributed by atoms with Gasteiger partial charge in [-0.15, -0.1) is 0 Å². The number of likely N-dealkylation sites (N-methyl/N-ethyl adjacent to an activating group) is 1. The smallest absolute Gasteiger partial charge is 0.323 e. The Hall–Kier alpha value is -2.08. The molecule has 2 rings (SSSR count). The van der Waals surface area contributed by atoms with Gasteiger partial charge in [0.2, 0.25) is 5.78 Å². The molecule has 1 aliphatic heterocycles. The third kappa shape index (κ3) is 7.99. The fraction of sp³-hybridized carbons (Fsp3) is 0.619. The zero-order valence-electron chi connectivity index (χ0n) is 16.9. The SMILES string of the molecule is CCC(C)(C)C(=O)C=O.CN1CCCC1C(=O)OCCCc1cccnc1. The Labute approximate surface area is 162 Å². The fourth-order valence-corrected chi connectivity index (χ4v) is 2.63. The predicted octanol–water partition coefficient (Wildman–Crippen LogP) is 2.84. The second-order valence-electron chi connectivity index (χ2n) is 7.49. The molecule has 0 bridgehead atoms. The molecular weight excluding hydrogens is 344 g/mol. The van der Waals surface area contributed by atoms with Crippen LogP contribution >= 0.6 is 0 Å². The molecule has 1 saturated heterocycles. The summed E-state index contributed by atoms with van der Waals surface area (Å²) in [5.41, 5.74) is 0.730. The number of carbonyl (C=O) groups excluding carboxylic acids is 3. The van der Waals surface area contributed by atoms with E-state index in [0.29, 0.717) is 19.3 Å². The number of aromatic nitrogens is 1.